The van der Waals surface area contributed by atoms with E-state index in [2.05, 4.69) is 35.9 Å². The normalized spacial score (nSPS) is 27.9. The van der Waals surface area contributed by atoms with Crippen LogP contribution in [0.4, 0.5) is 0 Å². The number of hydrogen-bond acceptors (Lipinski definition) is 3. The largest absolute Gasteiger partial charge is 0.316 e. The molecule has 0 aromatic rings. The van der Waals surface area contributed by atoms with Crippen molar-refractivity contribution < 1.29 is 0 Å². The number of hydrogen-bond donors (Lipinski definition) is 1. The van der Waals surface area contributed by atoms with Crippen molar-refractivity contribution in [1.29, 1.82) is 0 Å². The molecule has 0 aromatic carbocycles. The molecule has 0 spiro atoms. The van der Waals surface area contributed by atoms with Gasteiger partial charge in [-0.1, -0.05) is 6.92 Å². The van der Waals surface area contributed by atoms with Gasteiger partial charge in [0.2, 0.25) is 0 Å². The molecule has 1 heterocycles. The third-order valence-electron chi connectivity index (χ3n) is 3.28. The summed E-state index contributed by atoms with van der Waals surface area (Å²) in [5, 5.41) is 3.30. The van der Waals surface area contributed by atoms with E-state index in [-0.39, 0.29) is 0 Å². The molecule has 0 aliphatic carbocycles. The molecule has 3 nitrogen and oxygen atoms in total. The molecule has 0 radical (unpaired) electrons. The van der Waals surface area contributed by atoms with Gasteiger partial charge in [0.05, 0.1) is 0 Å². The van der Waals surface area contributed by atoms with Crippen LogP contribution < -0.4 is 5.32 Å². The van der Waals surface area contributed by atoms with Gasteiger partial charge in [-0.3, -0.25) is 9.80 Å². The molecule has 1 N–H and O–H groups in total. The van der Waals surface area contributed by atoms with Gasteiger partial charge < -0.3 is 5.32 Å². The molecule has 0 aromatic heterocycles. The van der Waals surface area contributed by atoms with E-state index in [1.807, 2.05) is 7.05 Å². The summed E-state index contributed by atoms with van der Waals surface area (Å²) in [6.07, 6.45) is 0. The summed E-state index contributed by atoms with van der Waals surface area (Å²) in [5.41, 5.74) is 0. The Hall–Kier alpha value is -0.120. The highest BCUT2D eigenvalue weighted by Crippen LogP contribution is 2.08. The van der Waals surface area contributed by atoms with Gasteiger partial charge in [-0.05, 0) is 27.4 Å². The minimum absolute atomic E-state index is 0.607. The predicted molar refractivity (Wildman–Crippen MR) is 61.7 cm³/mol. The first-order valence-corrected chi connectivity index (χ1v) is 5.81. The number of nitrogens with one attached hydrogen (secondary N) is 1. The van der Waals surface area contributed by atoms with Crippen molar-refractivity contribution in [3.05, 3.63) is 0 Å². The van der Waals surface area contributed by atoms with Crippen LogP contribution in [0.15, 0.2) is 0 Å². The molecule has 84 valence electrons. The lowest BCUT2D eigenvalue weighted by atomic mass is 10.1. The van der Waals surface area contributed by atoms with Gasteiger partial charge in [-0.2, -0.15) is 0 Å². The SMILES string of the molecule is CCN1CCN(CC(C)NC)CC1C. The molecule has 14 heavy (non-hydrogen) atoms. The molecule has 0 amide bonds. The second-order valence-electron chi connectivity index (χ2n) is 4.43. The highest BCUT2D eigenvalue weighted by Gasteiger charge is 2.22. The average molecular weight is 199 g/mol. The Bertz CT molecular complexity index is 161. The van der Waals surface area contributed by atoms with Crippen molar-refractivity contribution in [2.75, 3.05) is 39.8 Å². The van der Waals surface area contributed by atoms with Crippen LogP contribution in [-0.4, -0.2) is 61.7 Å². The zero-order valence-corrected chi connectivity index (χ0v) is 10.1. The van der Waals surface area contributed by atoms with Gasteiger partial charge >= 0.3 is 0 Å². The van der Waals surface area contributed by atoms with Crippen LogP contribution in [-0.2, 0) is 0 Å². The maximum absolute atomic E-state index is 3.30. The Balaban J connectivity index is 2.31. The van der Waals surface area contributed by atoms with Gasteiger partial charge in [0, 0.05) is 38.3 Å². The van der Waals surface area contributed by atoms with Crippen LogP contribution in [0, 0.1) is 0 Å². The molecule has 1 rings (SSSR count). The summed E-state index contributed by atoms with van der Waals surface area (Å²) < 4.78 is 0. The molecule has 2 unspecified atom stereocenters. The summed E-state index contributed by atoms with van der Waals surface area (Å²) >= 11 is 0. The maximum atomic E-state index is 3.30. The van der Waals surface area contributed by atoms with Crippen molar-refractivity contribution in [2.45, 2.75) is 32.9 Å². The van der Waals surface area contributed by atoms with E-state index in [0.717, 1.165) is 6.04 Å². The van der Waals surface area contributed by atoms with Crippen molar-refractivity contribution in [1.82, 2.24) is 15.1 Å². The molecular weight excluding hydrogens is 174 g/mol. The van der Waals surface area contributed by atoms with E-state index in [1.54, 1.807) is 0 Å². The predicted octanol–water partition coefficient (Wildman–Crippen LogP) is 0.620. The Labute approximate surface area is 88.5 Å². The van der Waals surface area contributed by atoms with Gasteiger partial charge in [0.15, 0.2) is 0 Å². The van der Waals surface area contributed by atoms with E-state index in [4.69, 9.17) is 0 Å². The van der Waals surface area contributed by atoms with Crippen LogP contribution >= 0.6 is 0 Å². The fourth-order valence-corrected chi connectivity index (χ4v) is 2.18. The van der Waals surface area contributed by atoms with Gasteiger partial charge in [-0.15, -0.1) is 0 Å². The number of rotatable bonds is 4. The second-order valence-corrected chi connectivity index (χ2v) is 4.43. The third-order valence-corrected chi connectivity index (χ3v) is 3.28. The van der Waals surface area contributed by atoms with Crippen molar-refractivity contribution >= 4 is 0 Å². The minimum Gasteiger partial charge on any atom is -0.316 e. The van der Waals surface area contributed by atoms with Crippen molar-refractivity contribution in [2.24, 2.45) is 0 Å². The summed E-state index contributed by atoms with van der Waals surface area (Å²) in [7, 11) is 2.04. The molecule has 1 fully saturated rings. The minimum atomic E-state index is 0.607. The van der Waals surface area contributed by atoms with E-state index >= 15 is 0 Å². The Morgan fingerprint density at radius 2 is 2.14 bits per heavy atom. The van der Waals surface area contributed by atoms with Crippen LogP contribution in [0.2, 0.25) is 0 Å². The monoisotopic (exact) mass is 199 g/mol. The van der Waals surface area contributed by atoms with Crippen LogP contribution in [0.5, 0.6) is 0 Å². The lowest BCUT2D eigenvalue weighted by Gasteiger charge is -2.40. The molecule has 2 atom stereocenters. The third kappa shape index (κ3) is 3.23. The number of likely N-dealkylation sites (N-methyl/N-ethyl adjacent to an activating group) is 2. The highest BCUT2D eigenvalue weighted by atomic mass is 15.3. The van der Waals surface area contributed by atoms with Gasteiger partial charge in [0.1, 0.15) is 0 Å². The molecule has 0 bridgehead atoms. The van der Waals surface area contributed by atoms with E-state index in [1.165, 1.54) is 32.7 Å². The number of nitrogens with zero attached hydrogens (tertiary/aromatic N) is 2. The maximum Gasteiger partial charge on any atom is 0.0195 e. The first-order chi connectivity index (χ1) is 6.67. The first-order valence-electron chi connectivity index (χ1n) is 5.81. The Morgan fingerprint density at radius 3 is 2.64 bits per heavy atom. The Kier molecular flexibility index (Phi) is 4.85. The molecule has 1 aliphatic heterocycles. The lowest BCUT2D eigenvalue weighted by Crippen LogP contribution is -2.53. The molecule has 0 saturated carbocycles. The molecule has 1 aliphatic rings. The summed E-state index contributed by atoms with van der Waals surface area (Å²) in [4.78, 5) is 5.12. The Morgan fingerprint density at radius 1 is 1.43 bits per heavy atom. The first kappa shape index (κ1) is 12.0. The standard InChI is InChI=1S/C11H25N3/c1-5-14-7-6-13(9-11(14)3)8-10(2)12-4/h10-12H,5-9H2,1-4H3. The number of piperazine rings is 1. The van der Waals surface area contributed by atoms with E-state index in [9.17, 15) is 0 Å². The van der Waals surface area contributed by atoms with Crippen LogP contribution in [0.1, 0.15) is 20.8 Å². The smallest absolute Gasteiger partial charge is 0.0195 e. The summed E-state index contributed by atoms with van der Waals surface area (Å²) in [5.74, 6) is 0. The van der Waals surface area contributed by atoms with Gasteiger partial charge in [0.25, 0.3) is 0 Å². The van der Waals surface area contributed by atoms with E-state index in [0.29, 0.717) is 6.04 Å². The summed E-state index contributed by atoms with van der Waals surface area (Å²) in [6, 6.07) is 1.33. The van der Waals surface area contributed by atoms with Crippen LogP contribution in [0.3, 0.4) is 0 Å². The average Bonchev–Trinajstić information content (AvgIpc) is 2.18. The van der Waals surface area contributed by atoms with E-state index < -0.39 is 0 Å². The van der Waals surface area contributed by atoms with Crippen molar-refractivity contribution in [3.8, 4) is 0 Å². The van der Waals surface area contributed by atoms with Crippen LogP contribution in [0.25, 0.3) is 0 Å². The quantitative estimate of drug-likeness (QED) is 0.716. The highest BCUT2D eigenvalue weighted by molar-refractivity contribution is 4.79. The molecule has 3 heteroatoms. The molecular formula is C11H25N3. The lowest BCUT2D eigenvalue weighted by molar-refractivity contribution is 0.0832. The zero-order chi connectivity index (χ0) is 10.6. The van der Waals surface area contributed by atoms with Crippen molar-refractivity contribution in [3.63, 3.8) is 0 Å². The molecule has 1 saturated heterocycles. The second kappa shape index (κ2) is 5.69. The summed E-state index contributed by atoms with van der Waals surface area (Å²) in [6.45, 7) is 12.9. The fraction of sp³-hybridized carbons (Fsp3) is 1.00. The zero-order valence-electron chi connectivity index (χ0n) is 10.1. The topological polar surface area (TPSA) is 18.5 Å². The fourth-order valence-electron chi connectivity index (χ4n) is 2.18. The van der Waals surface area contributed by atoms with Gasteiger partial charge in [-0.25, -0.2) is 0 Å².